The Labute approximate surface area is 48.0 Å². The molecule has 0 aromatic rings. The van der Waals surface area contributed by atoms with Crippen LogP contribution >= 0.6 is 0 Å². The van der Waals surface area contributed by atoms with Crippen molar-refractivity contribution in [2.75, 3.05) is 6.54 Å². The van der Waals surface area contributed by atoms with Gasteiger partial charge in [-0.3, -0.25) is 0 Å². The maximum absolute atomic E-state index is 8.61. The van der Waals surface area contributed by atoms with Crippen LogP contribution in [-0.4, -0.2) is 17.8 Å². The minimum absolute atomic E-state index is 0.0353. The fourth-order valence-corrected chi connectivity index (χ4v) is 0.275. The zero-order valence-corrected chi connectivity index (χ0v) is 4.33. The van der Waals surface area contributed by atoms with Crippen LogP contribution < -0.4 is 0 Å². The highest BCUT2D eigenvalue weighted by Gasteiger charge is 2.03. The lowest BCUT2D eigenvalue weighted by Crippen LogP contribution is -2.07. The molecule has 8 heavy (non-hydrogen) atoms. The van der Waals surface area contributed by atoms with E-state index in [0.717, 1.165) is 0 Å². The predicted molar refractivity (Wildman–Crippen MR) is 27.7 cm³/mol. The van der Waals surface area contributed by atoms with Crippen LogP contribution in [0.5, 0.6) is 0 Å². The van der Waals surface area contributed by atoms with Gasteiger partial charge in [0, 0.05) is 0 Å². The molecule has 0 aromatic heterocycles. The Kier molecular flexibility index (Phi) is 3.56. The zero-order valence-electron chi connectivity index (χ0n) is 4.33. The highest BCUT2D eigenvalue weighted by Crippen LogP contribution is 1.88. The van der Waals surface area contributed by atoms with Gasteiger partial charge in [0.25, 0.3) is 0 Å². The summed E-state index contributed by atoms with van der Waals surface area (Å²) in [6.07, 6.45) is -0.694. The summed E-state index contributed by atoms with van der Waals surface area (Å²) in [4.78, 5) is 2.90. The minimum Gasteiger partial charge on any atom is -0.384 e. The van der Waals surface area contributed by atoms with E-state index in [1.54, 1.807) is 6.07 Å². The maximum Gasteiger partial charge on any atom is 0.241 e. The average molecular weight is 110 g/mol. The molecule has 0 aliphatic rings. The van der Waals surface area contributed by atoms with Gasteiger partial charge in [-0.05, 0) is 0 Å². The molecular weight excluding hydrogens is 104 g/mol. The number of nitrogens with zero attached hydrogens (tertiary/aromatic N) is 2. The fraction of sp³-hybridized carbons (Fsp3) is 0.600. The van der Waals surface area contributed by atoms with E-state index in [1.165, 1.54) is 0 Å². The van der Waals surface area contributed by atoms with Crippen LogP contribution in [0.1, 0.15) is 6.42 Å². The van der Waals surface area contributed by atoms with Gasteiger partial charge < -0.3 is 9.95 Å². The number of aliphatic hydroxyl groups excluding tert-OH is 1. The topological polar surface area (TPSA) is 48.4 Å². The number of hydrogen-bond donors (Lipinski definition) is 1. The van der Waals surface area contributed by atoms with Crippen molar-refractivity contribution in [2.24, 2.45) is 0 Å². The second-order valence-corrected chi connectivity index (χ2v) is 1.36. The van der Waals surface area contributed by atoms with E-state index in [1.807, 2.05) is 0 Å². The summed E-state index contributed by atoms with van der Waals surface area (Å²) in [7, 11) is 0. The van der Waals surface area contributed by atoms with Gasteiger partial charge in [-0.2, -0.15) is 5.26 Å². The van der Waals surface area contributed by atoms with E-state index in [9.17, 15) is 0 Å². The van der Waals surface area contributed by atoms with Crippen molar-refractivity contribution in [1.29, 1.82) is 5.26 Å². The summed E-state index contributed by atoms with van der Waals surface area (Å²) in [5.74, 6) is 0. The smallest absolute Gasteiger partial charge is 0.241 e. The van der Waals surface area contributed by atoms with E-state index in [-0.39, 0.29) is 13.0 Å². The lowest BCUT2D eigenvalue weighted by Gasteiger charge is -1.91. The van der Waals surface area contributed by atoms with Crippen LogP contribution in [0.3, 0.4) is 0 Å². The second kappa shape index (κ2) is 4.11. The maximum atomic E-state index is 8.61. The van der Waals surface area contributed by atoms with Gasteiger partial charge in [-0.1, -0.05) is 0 Å². The Bertz CT molecular complexity index is 114. The lowest BCUT2D eigenvalue weighted by molar-refractivity contribution is 0.196. The van der Waals surface area contributed by atoms with E-state index >= 15 is 0 Å². The summed E-state index contributed by atoms with van der Waals surface area (Å²) >= 11 is 0. The first kappa shape index (κ1) is 6.94. The molecule has 0 bridgehead atoms. The van der Waals surface area contributed by atoms with Gasteiger partial charge in [0.2, 0.25) is 6.54 Å². The van der Waals surface area contributed by atoms with Crippen LogP contribution in [0.2, 0.25) is 0 Å². The van der Waals surface area contributed by atoms with Crippen molar-refractivity contribution >= 4 is 0 Å². The van der Waals surface area contributed by atoms with Crippen molar-refractivity contribution in [3.8, 4) is 6.07 Å². The van der Waals surface area contributed by atoms with Crippen molar-refractivity contribution < 1.29 is 5.11 Å². The predicted octanol–water partition coefficient (Wildman–Crippen LogP) is 0.180. The van der Waals surface area contributed by atoms with E-state index < -0.39 is 6.10 Å². The molecule has 0 saturated carbocycles. The Morgan fingerprint density at radius 3 is 2.88 bits per heavy atom. The first-order chi connectivity index (χ1) is 3.81. The van der Waals surface area contributed by atoms with E-state index in [4.69, 9.17) is 16.9 Å². The monoisotopic (exact) mass is 110 g/mol. The molecule has 0 aliphatic carbocycles. The third-order valence-corrected chi connectivity index (χ3v) is 0.629. The van der Waals surface area contributed by atoms with Crippen molar-refractivity contribution in [2.45, 2.75) is 12.5 Å². The lowest BCUT2D eigenvalue weighted by atomic mass is 10.3. The highest BCUT2D eigenvalue weighted by molar-refractivity contribution is 4.79. The van der Waals surface area contributed by atoms with Crippen LogP contribution in [0.4, 0.5) is 0 Å². The molecule has 0 fully saturated rings. The normalized spacial score (nSPS) is 11.4. The summed E-state index contributed by atoms with van der Waals surface area (Å²) in [6.45, 7) is 6.30. The zero-order chi connectivity index (χ0) is 6.41. The van der Waals surface area contributed by atoms with Crippen molar-refractivity contribution in [3.63, 3.8) is 0 Å². The molecule has 0 heterocycles. The quantitative estimate of drug-likeness (QED) is 0.515. The third-order valence-electron chi connectivity index (χ3n) is 0.629. The molecule has 0 radical (unpaired) electrons. The van der Waals surface area contributed by atoms with Crippen molar-refractivity contribution in [1.82, 2.24) is 0 Å². The Morgan fingerprint density at radius 1 is 1.88 bits per heavy atom. The molecule has 42 valence electrons. The molecule has 0 aromatic carbocycles. The van der Waals surface area contributed by atoms with Gasteiger partial charge in [0.05, 0.1) is 12.5 Å². The SMILES string of the molecule is [C-]#[N+]CC(O)CC#N. The minimum atomic E-state index is -0.752. The Hall–Kier alpha value is -1.06. The van der Waals surface area contributed by atoms with Crippen LogP contribution in [0, 0.1) is 17.9 Å². The van der Waals surface area contributed by atoms with Crippen molar-refractivity contribution in [3.05, 3.63) is 11.4 Å². The highest BCUT2D eigenvalue weighted by atomic mass is 16.3. The number of aliphatic hydroxyl groups is 1. The first-order valence-corrected chi connectivity index (χ1v) is 2.19. The van der Waals surface area contributed by atoms with E-state index in [0.29, 0.717) is 0 Å². The molecule has 1 atom stereocenters. The third kappa shape index (κ3) is 3.14. The summed E-state index contributed by atoms with van der Waals surface area (Å²) < 4.78 is 0. The van der Waals surface area contributed by atoms with Gasteiger partial charge >= 0.3 is 0 Å². The number of nitriles is 1. The molecule has 1 unspecified atom stereocenters. The molecular formula is C5H6N2O. The van der Waals surface area contributed by atoms with Gasteiger partial charge in [0.15, 0.2) is 0 Å². The average Bonchev–Trinajstić information content (AvgIpc) is 1.68. The second-order valence-electron chi connectivity index (χ2n) is 1.36. The molecule has 0 spiro atoms. The number of hydrogen-bond acceptors (Lipinski definition) is 2. The van der Waals surface area contributed by atoms with E-state index in [2.05, 4.69) is 4.85 Å². The number of rotatable bonds is 2. The van der Waals surface area contributed by atoms with Gasteiger partial charge in [-0.25, -0.2) is 6.57 Å². The molecule has 3 heteroatoms. The molecule has 0 rings (SSSR count). The Morgan fingerprint density at radius 2 is 2.50 bits per heavy atom. The molecule has 1 N–H and O–H groups in total. The van der Waals surface area contributed by atoms with Crippen LogP contribution in [-0.2, 0) is 0 Å². The molecule has 0 saturated heterocycles. The molecule has 3 nitrogen and oxygen atoms in total. The standard InChI is InChI=1S/C5H6N2O/c1-7-4-5(8)2-3-6/h5,8H,2,4H2. The summed E-state index contributed by atoms with van der Waals surface area (Å²) in [6, 6.07) is 1.76. The summed E-state index contributed by atoms with van der Waals surface area (Å²) in [5, 5.41) is 16.6. The first-order valence-electron chi connectivity index (χ1n) is 2.19. The Balaban J connectivity index is 3.25. The van der Waals surface area contributed by atoms with Crippen LogP contribution in [0.15, 0.2) is 0 Å². The van der Waals surface area contributed by atoms with Gasteiger partial charge in [0.1, 0.15) is 6.10 Å². The van der Waals surface area contributed by atoms with Crippen LogP contribution in [0.25, 0.3) is 4.85 Å². The molecule has 0 amide bonds. The van der Waals surface area contributed by atoms with Gasteiger partial charge in [-0.15, -0.1) is 0 Å². The fourth-order valence-electron chi connectivity index (χ4n) is 0.275. The molecule has 0 aliphatic heterocycles. The summed E-state index contributed by atoms with van der Waals surface area (Å²) in [5.41, 5.74) is 0. The largest absolute Gasteiger partial charge is 0.384 e.